The minimum atomic E-state index is -0.237. The van der Waals surface area contributed by atoms with Crippen LogP contribution in [0.1, 0.15) is 29.8 Å². The molecule has 1 aliphatic rings. The summed E-state index contributed by atoms with van der Waals surface area (Å²) in [7, 11) is 0. The van der Waals surface area contributed by atoms with Crippen molar-refractivity contribution >= 4 is 17.2 Å². The average Bonchev–Trinajstić information content (AvgIpc) is 3.24. The van der Waals surface area contributed by atoms with Crippen molar-refractivity contribution in [1.82, 2.24) is 14.8 Å². The zero-order chi connectivity index (χ0) is 20.9. The summed E-state index contributed by atoms with van der Waals surface area (Å²) < 4.78 is 13.1. The first kappa shape index (κ1) is 20.7. The van der Waals surface area contributed by atoms with Crippen LogP contribution in [0.2, 0.25) is 0 Å². The first-order chi connectivity index (χ1) is 14.6. The van der Waals surface area contributed by atoms with Gasteiger partial charge in [0.05, 0.1) is 18.2 Å². The second-order valence-electron chi connectivity index (χ2n) is 7.61. The van der Waals surface area contributed by atoms with Gasteiger partial charge in [-0.1, -0.05) is 37.3 Å². The second-order valence-corrected chi connectivity index (χ2v) is 8.55. The number of carbonyl (C=O) groups is 1. The lowest BCUT2D eigenvalue weighted by Crippen LogP contribution is -2.49. The molecule has 1 aliphatic heterocycles. The molecule has 0 unspecified atom stereocenters. The van der Waals surface area contributed by atoms with Gasteiger partial charge in [0.25, 0.3) is 0 Å². The molecule has 0 aliphatic carbocycles. The molecule has 1 amide bonds. The number of rotatable bonds is 6. The third-order valence-electron chi connectivity index (χ3n) is 5.64. The Morgan fingerprint density at radius 3 is 2.43 bits per heavy atom. The quantitative estimate of drug-likeness (QED) is 0.572. The number of carbonyl (C=O) groups excluding carboxylic acids is 1. The van der Waals surface area contributed by atoms with E-state index in [0.29, 0.717) is 0 Å². The maximum atomic E-state index is 13.1. The lowest BCUT2D eigenvalue weighted by molar-refractivity contribution is -0.134. The monoisotopic (exact) mass is 423 g/mol. The van der Waals surface area contributed by atoms with Gasteiger partial charge in [-0.05, 0) is 36.2 Å². The molecule has 1 fully saturated rings. The topological polar surface area (TPSA) is 36.4 Å². The van der Waals surface area contributed by atoms with Crippen molar-refractivity contribution in [3.63, 3.8) is 0 Å². The van der Waals surface area contributed by atoms with Gasteiger partial charge in [-0.3, -0.25) is 9.69 Å². The van der Waals surface area contributed by atoms with Crippen molar-refractivity contribution in [2.45, 2.75) is 25.8 Å². The van der Waals surface area contributed by atoms with Crippen LogP contribution in [0, 0.1) is 5.82 Å². The summed E-state index contributed by atoms with van der Waals surface area (Å²) in [6.45, 7) is 6.05. The molecule has 0 bridgehead atoms. The molecule has 4 rings (SSSR count). The summed E-state index contributed by atoms with van der Waals surface area (Å²) in [5.41, 5.74) is 2.92. The van der Waals surface area contributed by atoms with E-state index in [1.165, 1.54) is 12.1 Å². The summed E-state index contributed by atoms with van der Waals surface area (Å²) >= 11 is 1.63. The fourth-order valence-electron chi connectivity index (χ4n) is 3.91. The molecule has 1 saturated heterocycles. The lowest BCUT2D eigenvalue weighted by atomic mass is 9.95. The van der Waals surface area contributed by atoms with Crippen LogP contribution in [0.25, 0.3) is 11.3 Å². The normalized spacial score (nSPS) is 15.9. The van der Waals surface area contributed by atoms with Crippen LogP contribution >= 0.6 is 11.3 Å². The second kappa shape index (κ2) is 9.49. The number of hydrogen-bond acceptors (Lipinski definition) is 4. The number of nitrogens with zero attached hydrogens (tertiary/aromatic N) is 3. The Morgan fingerprint density at radius 2 is 1.77 bits per heavy atom. The molecule has 156 valence electrons. The van der Waals surface area contributed by atoms with Crippen molar-refractivity contribution in [2.24, 2.45) is 0 Å². The van der Waals surface area contributed by atoms with E-state index in [4.69, 9.17) is 4.98 Å². The minimum absolute atomic E-state index is 0.0602. The Hall–Kier alpha value is -2.57. The van der Waals surface area contributed by atoms with Crippen LogP contribution in [-0.2, 0) is 11.3 Å². The number of halogens is 1. The summed E-state index contributed by atoms with van der Waals surface area (Å²) in [6, 6.07) is 16.5. The highest BCUT2D eigenvalue weighted by molar-refractivity contribution is 7.09. The van der Waals surface area contributed by atoms with Crippen LogP contribution in [0.3, 0.4) is 0 Å². The molecular formula is C24H26FN3OS. The predicted molar refractivity (Wildman–Crippen MR) is 119 cm³/mol. The van der Waals surface area contributed by atoms with Gasteiger partial charge in [0, 0.05) is 37.1 Å². The number of hydrogen-bond donors (Lipinski definition) is 0. The van der Waals surface area contributed by atoms with E-state index in [9.17, 15) is 9.18 Å². The van der Waals surface area contributed by atoms with E-state index in [2.05, 4.69) is 11.8 Å². The lowest BCUT2D eigenvalue weighted by Gasteiger charge is -2.36. The number of benzene rings is 2. The van der Waals surface area contributed by atoms with E-state index in [1.54, 1.807) is 23.5 Å². The number of piperazine rings is 1. The average molecular weight is 424 g/mol. The van der Waals surface area contributed by atoms with Crippen molar-refractivity contribution in [1.29, 1.82) is 0 Å². The largest absolute Gasteiger partial charge is 0.340 e. The molecule has 1 aromatic heterocycles. The number of aromatic nitrogens is 1. The van der Waals surface area contributed by atoms with E-state index in [1.807, 2.05) is 40.6 Å². The summed E-state index contributed by atoms with van der Waals surface area (Å²) in [4.78, 5) is 22.1. The van der Waals surface area contributed by atoms with Crippen LogP contribution in [0.5, 0.6) is 0 Å². The Labute approximate surface area is 181 Å². The molecule has 0 saturated carbocycles. The smallest absolute Gasteiger partial charge is 0.230 e. The van der Waals surface area contributed by atoms with E-state index < -0.39 is 0 Å². The minimum Gasteiger partial charge on any atom is -0.340 e. The Balaban J connectivity index is 1.32. The van der Waals surface area contributed by atoms with Gasteiger partial charge in [0.2, 0.25) is 5.91 Å². The van der Waals surface area contributed by atoms with Crippen molar-refractivity contribution in [2.75, 3.05) is 26.2 Å². The van der Waals surface area contributed by atoms with Crippen molar-refractivity contribution in [3.8, 4) is 11.3 Å². The first-order valence-electron chi connectivity index (χ1n) is 10.4. The predicted octanol–water partition coefficient (Wildman–Crippen LogP) is 4.79. The van der Waals surface area contributed by atoms with Gasteiger partial charge in [0.1, 0.15) is 10.8 Å². The molecule has 6 heteroatoms. The first-order valence-corrected chi connectivity index (χ1v) is 11.3. The molecule has 0 spiro atoms. The fourth-order valence-corrected chi connectivity index (χ4v) is 4.76. The fraction of sp³-hybridized carbons (Fsp3) is 0.333. The van der Waals surface area contributed by atoms with Crippen molar-refractivity contribution in [3.05, 3.63) is 76.4 Å². The summed E-state index contributed by atoms with van der Waals surface area (Å²) in [5, 5.41) is 3.07. The van der Waals surface area contributed by atoms with Gasteiger partial charge >= 0.3 is 0 Å². The van der Waals surface area contributed by atoms with E-state index in [0.717, 1.165) is 61.0 Å². The summed E-state index contributed by atoms with van der Waals surface area (Å²) in [5.74, 6) is -0.0645. The highest BCUT2D eigenvalue weighted by Crippen LogP contribution is 2.25. The van der Waals surface area contributed by atoms with Crippen LogP contribution in [0.4, 0.5) is 4.39 Å². The van der Waals surface area contributed by atoms with Gasteiger partial charge in [0.15, 0.2) is 0 Å². The van der Waals surface area contributed by atoms with Crippen molar-refractivity contribution < 1.29 is 9.18 Å². The molecule has 0 N–H and O–H groups in total. The maximum Gasteiger partial charge on any atom is 0.230 e. The maximum absolute atomic E-state index is 13.1. The van der Waals surface area contributed by atoms with Gasteiger partial charge in [-0.2, -0.15) is 0 Å². The zero-order valence-electron chi connectivity index (χ0n) is 17.1. The van der Waals surface area contributed by atoms with Crippen LogP contribution < -0.4 is 0 Å². The molecule has 2 heterocycles. The standard InChI is InChI=1S/C24H26FN3OS/c1-2-21(18-6-4-3-5-7-18)24(29)28-14-12-27(13-15-28)16-23-26-22(17-30-23)19-8-10-20(25)11-9-19/h3-11,17,21H,2,12-16H2,1H3/t21-/m0/s1. The highest BCUT2D eigenvalue weighted by atomic mass is 32.1. The Morgan fingerprint density at radius 1 is 1.07 bits per heavy atom. The molecular weight excluding hydrogens is 397 g/mol. The Kier molecular flexibility index (Phi) is 6.55. The summed E-state index contributed by atoms with van der Waals surface area (Å²) in [6.07, 6.45) is 0.814. The third-order valence-corrected chi connectivity index (χ3v) is 6.48. The molecule has 1 atom stereocenters. The van der Waals surface area contributed by atoms with E-state index in [-0.39, 0.29) is 17.6 Å². The zero-order valence-corrected chi connectivity index (χ0v) is 17.9. The Bertz CT molecular complexity index is 966. The molecule has 3 aromatic rings. The highest BCUT2D eigenvalue weighted by Gasteiger charge is 2.27. The number of amides is 1. The third kappa shape index (κ3) is 4.77. The van der Waals surface area contributed by atoms with Crippen LogP contribution in [-0.4, -0.2) is 46.9 Å². The van der Waals surface area contributed by atoms with Gasteiger partial charge < -0.3 is 4.90 Å². The van der Waals surface area contributed by atoms with Crippen LogP contribution in [0.15, 0.2) is 60.0 Å². The molecule has 2 aromatic carbocycles. The number of thiazole rings is 1. The molecule has 4 nitrogen and oxygen atoms in total. The van der Waals surface area contributed by atoms with Gasteiger partial charge in [-0.15, -0.1) is 11.3 Å². The SMILES string of the molecule is CC[C@H](C(=O)N1CCN(Cc2nc(-c3ccc(F)cc3)cs2)CC1)c1ccccc1. The molecule has 30 heavy (non-hydrogen) atoms. The van der Waals surface area contributed by atoms with Gasteiger partial charge in [-0.25, -0.2) is 9.37 Å². The van der Waals surface area contributed by atoms with E-state index >= 15 is 0 Å². The molecule has 0 radical (unpaired) electrons.